The van der Waals surface area contributed by atoms with Gasteiger partial charge in [0, 0.05) is 13.0 Å². The third-order valence-electron chi connectivity index (χ3n) is 3.26. The highest BCUT2D eigenvalue weighted by Gasteiger charge is 2.15. The molecule has 1 heterocycles. The van der Waals surface area contributed by atoms with Crippen molar-refractivity contribution in [2.24, 2.45) is 0 Å². The average molecular weight is 279 g/mol. The molecule has 1 aromatic rings. The van der Waals surface area contributed by atoms with Gasteiger partial charge in [-0.25, -0.2) is 0 Å². The molecule has 1 aliphatic rings. The summed E-state index contributed by atoms with van der Waals surface area (Å²) in [7, 11) is 0. The standard InChI is InChI=1S/C15H21NO4/c1-11(16-15(18)4-2-3-7-17)12-5-6-13-14(10-12)20-9-8-19-13/h5-6,10-11,17H,2-4,7-9H2,1H3,(H,16,18). The SMILES string of the molecule is CC(NC(=O)CCCCO)c1ccc2c(c1)OCCO2. The quantitative estimate of drug-likeness (QED) is 0.779. The highest BCUT2D eigenvalue weighted by Crippen LogP contribution is 2.32. The maximum atomic E-state index is 11.7. The molecule has 20 heavy (non-hydrogen) atoms. The topological polar surface area (TPSA) is 67.8 Å². The number of aliphatic hydroxyl groups is 1. The Balaban J connectivity index is 1.91. The number of nitrogens with one attached hydrogen (secondary N) is 1. The summed E-state index contributed by atoms with van der Waals surface area (Å²) in [4.78, 5) is 11.7. The second kappa shape index (κ2) is 7.14. The van der Waals surface area contributed by atoms with Crippen LogP contribution in [0.4, 0.5) is 0 Å². The van der Waals surface area contributed by atoms with Crippen LogP contribution in [0.1, 0.15) is 37.8 Å². The van der Waals surface area contributed by atoms with Crippen LogP contribution >= 0.6 is 0 Å². The van der Waals surface area contributed by atoms with E-state index in [-0.39, 0.29) is 18.6 Å². The van der Waals surface area contributed by atoms with Gasteiger partial charge in [-0.2, -0.15) is 0 Å². The van der Waals surface area contributed by atoms with Gasteiger partial charge in [0.1, 0.15) is 13.2 Å². The first-order valence-corrected chi connectivity index (χ1v) is 7.00. The molecule has 1 aliphatic heterocycles. The van der Waals surface area contributed by atoms with Crippen LogP contribution < -0.4 is 14.8 Å². The molecule has 110 valence electrons. The Morgan fingerprint density at radius 3 is 2.80 bits per heavy atom. The minimum absolute atomic E-state index is 0.000777. The van der Waals surface area contributed by atoms with Crippen molar-refractivity contribution in [1.82, 2.24) is 5.32 Å². The van der Waals surface area contributed by atoms with Crippen molar-refractivity contribution >= 4 is 5.91 Å². The smallest absolute Gasteiger partial charge is 0.220 e. The summed E-state index contributed by atoms with van der Waals surface area (Å²) >= 11 is 0. The summed E-state index contributed by atoms with van der Waals surface area (Å²) in [5.41, 5.74) is 0.991. The van der Waals surface area contributed by atoms with E-state index < -0.39 is 0 Å². The average Bonchev–Trinajstić information content (AvgIpc) is 2.47. The second-order valence-electron chi connectivity index (χ2n) is 4.87. The normalized spacial score (nSPS) is 14.7. The molecule has 0 saturated heterocycles. The molecule has 5 nitrogen and oxygen atoms in total. The number of carbonyl (C=O) groups is 1. The summed E-state index contributed by atoms with van der Waals surface area (Å²) in [5.74, 6) is 1.48. The van der Waals surface area contributed by atoms with E-state index in [0.29, 0.717) is 32.5 Å². The van der Waals surface area contributed by atoms with Crippen molar-refractivity contribution in [3.05, 3.63) is 23.8 Å². The number of fused-ring (bicyclic) bond motifs is 1. The van der Waals surface area contributed by atoms with Gasteiger partial charge in [-0.3, -0.25) is 4.79 Å². The van der Waals surface area contributed by atoms with Crippen LogP contribution in [-0.2, 0) is 4.79 Å². The van der Waals surface area contributed by atoms with Crippen LogP contribution in [0.15, 0.2) is 18.2 Å². The third kappa shape index (κ3) is 3.87. The summed E-state index contributed by atoms with van der Waals surface area (Å²) < 4.78 is 11.0. The first kappa shape index (κ1) is 14.7. The molecule has 2 N–H and O–H groups in total. The first-order valence-electron chi connectivity index (χ1n) is 7.00. The largest absolute Gasteiger partial charge is 0.486 e. The molecule has 0 radical (unpaired) electrons. The van der Waals surface area contributed by atoms with Gasteiger partial charge >= 0.3 is 0 Å². The number of benzene rings is 1. The van der Waals surface area contributed by atoms with Gasteiger partial charge in [0.2, 0.25) is 5.91 Å². The van der Waals surface area contributed by atoms with Crippen LogP contribution in [0.2, 0.25) is 0 Å². The van der Waals surface area contributed by atoms with E-state index in [9.17, 15) is 4.79 Å². The highest BCUT2D eigenvalue weighted by molar-refractivity contribution is 5.76. The lowest BCUT2D eigenvalue weighted by atomic mass is 10.1. The monoisotopic (exact) mass is 279 g/mol. The zero-order valence-corrected chi connectivity index (χ0v) is 11.7. The van der Waals surface area contributed by atoms with Crippen LogP contribution in [0.5, 0.6) is 11.5 Å². The predicted octanol–water partition coefficient (Wildman–Crippen LogP) is 1.80. The Kier molecular flexibility index (Phi) is 5.24. The molecule has 0 aliphatic carbocycles. The predicted molar refractivity (Wildman–Crippen MR) is 74.9 cm³/mol. The molecule has 0 bridgehead atoms. The summed E-state index contributed by atoms with van der Waals surface area (Å²) in [6, 6.07) is 5.64. The molecule has 5 heteroatoms. The van der Waals surface area contributed by atoms with Crippen LogP contribution in [0.25, 0.3) is 0 Å². The van der Waals surface area contributed by atoms with Crippen molar-refractivity contribution in [2.45, 2.75) is 32.2 Å². The highest BCUT2D eigenvalue weighted by atomic mass is 16.6. The lowest BCUT2D eigenvalue weighted by Crippen LogP contribution is -2.26. The summed E-state index contributed by atoms with van der Waals surface area (Å²) in [6.07, 6.45) is 1.80. The molecular formula is C15H21NO4. The molecule has 1 amide bonds. The van der Waals surface area contributed by atoms with E-state index in [2.05, 4.69) is 5.32 Å². The molecular weight excluding hydrogens is 258 g/mol. The van der Waals surface area contributed by atoms with Crippen molar-refractivity contribution < 1.29 is 19.4 Å². The third-order valence-corrected chi connectivity index (χ3v) is 3.26. The molecule has 1 atom stereocenters. The van der Waals surface area contributed by atoms with E-state index in [1.165, 1.54) is 0 Å². The Bertz CT molecular complexity index is 461. The van der Waals surface area contributed by atoms with Gasteiger partial charge in [0.05, 0.1) is 6.04 Å². The lowest BCUT2D eigenvalue weighted by Gasteiger charge is -2.21. The van der Waals surface area contributed by atoms with E-state index in [4.69, 9.17) is 14.6 Å². The molecule has 2 rings (SSSR count). The van der Waals surface area contributed by atoms with Crippen molar-refractivity contribution in [3.8, 4) is 11.5 Å². The van der Waals surface area contributed by atoms with Gasteiger partial charge in [0.25, 0.3) is 0 Å². The molecule has 0 saturated carbocycles. The fraction of sp³-hybridized carbons (Fsp3) is 0.533. The number of carbonyl (C=O) groups excluding carboxylic acids is 1. The Morgan fingerprint density at radius 2 is 2.05 bits per heavy atom. The number of unbranched alkanes of at least 4 members (excludes halogenated alkanes) is 1. The molecule has 0 aromatic heterocycles. The van der Waals surface area contributed by atoms with Gasteiger partial charge in [-0.15, -0.1) is 0 Å². The Morgan fingerprint density at radius 1 is 1.30 bits per heavy atom. The fourth-order valence-corrected chi connectivity index (χ4v) is 2.12. The minimum atomic E-state index is -0.0764. The number of aliphatic hydroxyl groups excluding tert-OH is 1. The number of amides is 1. The molecule has 1 unspecified atom stereocenters. The Labute approximate surface area is 118 Å². The zero-order valence-electron chi connectivity index (χ0n) is 11.7. The maximum Gasteiger partial charge on any atom is 0.220 e. The lowest BCUT2D eigenvalue weighted by molar-refractivity contribution is -0.121. The molecule has 0 fully saturated rings. The van der Waals surface area contributed by atoms with Crippen LogP contribution in [-0.4, -0.2) is 30.8 Å². The number of hydrogen-bond donors (Lipinski definition) is 2. The van der Waals surface area contributed by atoms with Crippen molar-refractivity contribution in [2.75, 3.05) is 19.8 Å². The van der Waals surface area contributed by atoms with Gasteiger partial charge in [-0.05, 0) is 37.5 Å². The second-order valence-corrected chi connectivity index (χ2v) is 4.87. The van der Waals surface area contributed by atoms with Crippen molar-refractivity contribution in [1.29, 1.82) is 0 Å². The molecule has 1 aromatic carbocycles. The van der Waals surface area contributed by atoms with E-state index in [0.717, 1.165) is 17.1 Å². The Hall–Kier alpha value is -1.75. The number of hydrogen-bond acceptors (Lipinski definition) is 4. The summed E-state index contributed by atoms with van der Waals surface area (Å²) in [6.45, 7) is 3.20. The van der Waals surface area contributed by atoms with E-state index in [1.54, 1.807) is 0 Å². The molecule has 0 spiro atoms. The van der Waals surface area contributed by atoms with E-state index in [1.807, 2.05) is 25.1 Å². The van der Waals surface area contributed by atoms with E-state index >= 15 is 0 Å². The van der Waals surface area contributed by atoms with Gasteiger partial charge in [0.15, 0.2) is 11.5 Å². The van der Waals surface area contributed by atoms with Crippen LogP contribution in [0, 0.1) is 0 Å². The number of ether oxygens (including phenoxy) is 2. The maximum absolute atomic E-state index is 11.7. The first-order chi connectivity index (χ1) is 9.70. The summed E-state index contributed by atoms with van der Waals surface area (Å²) in [5, 5.41) is 11.6. The van der Waals surface area contributed by atoms with Gasteiger partial charge in [-0.1, -0.05) is 6.07 Å². The zero-order chi connectivity index (χ0) is 14.4. The van der Waals surface area contributed by atoms with Gasteiger partial charge < -0.3 is 19.9 Å². The number of rotatable bonds is 6. The minimum Gasteiger partial charge on any atom is -0.486 e. The van der Waals surface area contributed by atoms with Crippen LogP contribution in [0.3, 0.4) is 0 Å². The van der Waals surface area contributed by atoms with Crippen molar-refractivity contribution in [3.63, 3.8) is 0 Å². The fourth-order valence-electron chi connectivity index (χ4n) is 2.12.